The number of rotatable bonds is 10. The van der Waals surface area contributed by atoms with Gasteiger partial charge in [-0.05, 0) is 42.2 Å². The van der Waals surface area contributed by atoms with Crippen molar-refractivity contribution in [2.24, 2.45) is 5.92 Å². The molecule has 1 atom stereocenters. The van der Waals surface area contributed by atoms with Crippen LogP contribution in [0.5, 0.6) is 5.75 Å². The molecule has 5 heteroatoms. The maximum Gasteiger partial charge on any atom is 0.338 e. The van der Waals surface area contributed by atoms with Gasteiger partial charge < -0.3 is 14.8 Å². The summed E-state index contributed by atoms with van der Waals surface area (Å²) in [5.41, 5.74) is 1.43. The summed E-state index contributed by atoms with van der Waals surface area (Å²) in [5, 5.41) is 2.94. The van der Waals surface area contributed by atoms with E-state index in [4.69, 9.17) is 9.47 Å². The molecule has 0 radical (unpaired) electrons. The van der Waals surface area contributed by atoms with Crippen molar-refractivity contribution in [3.63, 3.8) is 0 Å². The van der Waals surface area contributed by atoms with Crippen molar-refractivity contribution >= 4 is 11.9 Å². The van der Waals surface area contributed by atoms with E-state index in [1.165, 1.54) is 0 Å². The molecule has 0 bridgehead atoms. The summed E-state index contributed by atoms with van der Waals surface area (Å²) < 4.78 is 10.7. The molecule has 0 saturated heterocycles. The number of benzene rings is 2. The van der Waals surface area contributed by atoms with Crippen LogP contribution < -0.4 is 10.1 Å². The van der Waals surface area contributed by atoms with E-state index >= 15 is 0 Å². The van der Waals surface area contributed by atoms with Crippen molar-refractivity contribution in [1.29, 1.82) is 0 Å². The zero-order chi connectivity index (χ0) is 20.4. The average Bonchev–Trinajstić information content (AvgIpc) is 2.71. The Morgan fingerprint density at radius 1 is 1.00 bits per heavy atom. The first-order chi connectivity index (χ1) is 13.5. The normalized spacial score (nSPS) is 11.7. The SMILES string of the molecule is CCC[C@H](NC(=O)COC(=O)c1ccc(OCC(C)C)cc1)c1ccccc1. The van der Waals surface area contributed by atoms with Crippen LogP contribution in [0, 0.1) is 5.92 Å². The van der Waals surface area contributed by atoms with Crippen LogP contribution in [0.4, 0.5) is 0 Å². The van der Waals surface area contributed by atoms with Gasteiger partial charge in [0.1, 0.15) is 5.75 Å². The molecule has 150 valence electrons. The highest BCUT2D eigenvalue weighted by molar-refractivity contribution is 5.91. The predicted octanol–water partition coefficient (Wildman–Crippen LogP) is 4.54. The van der Waals surface area contributed by atoms with Gasteiger partial charge in [-0.25, -0.2) is 4.79 Å². The first-order valence-electron chi connectivity index (χ1n) is 9.74. The lowest BCUT2D eigenvalue weighted by atomic mass is 10.0. The van der Waals surface area contributed by atoms with Gasteiger partial charge in [-0.1, -0.05) is 57.5 Å². The molecule has 2 aromatic carbocycles. The molecular weight excluding hydrogens is 354 g/mol. The minimum absolute atomic E-state index is 0.0882. The van der Waals surface area contributed by atoms with Gasteiger partial charge in [0.2, 0.25) is 0 Å². The summed E-state index contributed by atoms with van der Waals surface area (Å²) in [6, 6.07) is 16.4. The zero-order valence-corrected chi connectivity index (χ0v) is 16.8. The summed E-state index contributed by atoms with van der Waals surface area (Å²) >= 11 is 0. The fourth-order valence-electron chi connectivity index (χ4n) is 2.70. The Kier molecular flexibility index (Phi) is 8.53. The molecule has 0 spiro atoms. The molecule has 5 nitrogen and oxygen atoms in total. The van der Waals surface area contributed by atoms with Crippen LogP contribution in [0.1, 0.15) is 55.6 Å². The maximum atomic E-state index is 12.2. The second kappa shape index (κ2) is 11.1. The van der Waals surface area contributed by atoms with Crippen LogP contribution in [0.15, 0.2) is 54.6 Å². The molecule has 0 saturated carbocycles. The number of carbonyl (C=O) groups excluding carboxylic acids is 2. The third-order valence-electron chi connectivity index (χ3n) is 4.12. The molecule has 28 heavy (non-hydrogen) atoms. The fraction of sp³-hybridized carbons (Fsp3) is 0.391. The van der Waals surface area contributed by atoms with E-state index in [1.54, 1.807) is 24.3 Å². The van der Waals surface area contributed by atoms with Crippen molar-refractivity contribution in [1.82, 2.24) is 5.32 Å². The summed E-state index contributed by atoms with van der Waals surface area (Å²) in [7, 11) is 0. The zero-order valence-electron chi connectivity index (χ0n) is 16.8. The standard InChI is InChI=1S/C23H29NO4/c1-4-8-21(18-9-6-5-7-10-18)24-22(25)16-28-23(26)19-11-13-20(14-12-19)27-15-17(2)3/h5-7,9-14,17,21H,4,8,15-16H2,1-3H3,(H,24,25)/t21-/m0/s1. The molecule has 0 unspecified atom stereocenters. The molecule has 0 aliphatic heterocycles. The van der Waals surface area contributed by atoms with Crippen LogP contribution >= 0.6 is 0 Å². The molecule has 0 aliphatic carbocycles. The molecule has 2 rings (SSSR count). The first kappa shape index (κ1) is 21.5. The third-order valence-corrected chi connectivity index (χ3v) is 4.12. The number of esters is 1. The molecule has 0 heterocycles. The summed E-state index contributed by atoms with van der Waals surface area (Å²) in [6.45, 7) is 6.51. The quantitative estimate of drug-likeness (QED) is 0.612. The van der Waals surface area contributed by atoms with Crippen molar-refractivity contribution in [2.45, 2.75) is 39.7 Å². The lowest BCUT2D eigenvalue weighted by Gasteiger charge is -2.18. The Bertz CT molecular complexity index is 741. The van der Waals surface area contributed by atoms with Gasteiger partial charge in [-0.2, -0.15) is 0 Å². The maximum absolute atomic E-state index is 12.2. The smallest absolute Gasteiger partial charge is 0.338 e. The number of nitrogens with one attached hydrogen (secondary N) is 1. The van der Waals surface area contributed by atoms with Gasteiger partial charge in [-0.3, -0.25) is 4.79 Å². The van der Waals surface area contributed by atoms with E-state index in [-0.39, 0.29) is 18.6 Å². The summed E-state index contributed by atoms with van der Waals surface area (Å²) in [5.74, 6) is 0.286. The van der Waals surface area contributed by atoms with Crippen molar-refractivity contribution in [3.8, 4) is 5.75 Å². The first-order valence-corrected chi connectivity index (χ1v) is 9.74. The highest BCUT2D eigenvalue weighted by atomic mass is 16.5. The largest absolute Gasteiger partial charge is 0.493 e. The molecule has 0 aliphatic rings. The van der Waals surface area contributed by atoms with Gasteiger partial charge in [0, 0.05) is 0 Å². The van der Waals surface area contributed by atoms with Crippen molar-refractivity contribution < 1.29 is 19.1 Å². The minimum atomic E-state index is -0.530. The highest BCUT2D eigenvalue weighted by Crippen LogP contribution is 2.18. The minimum Gasteiger partial charge on any atom is -0.493 e. The Balaban J connectivity index is 1.84. The predicted molar refractivity (Wildman–Crippen MR) is 109 cm³/mol. The van der Waals surface area contributed by atoms with Gasteiger partial charge >= 0.3 is 5.97 Å². The van der Waals surface area contributed by atoms with Gasteiger partial charge in [0.15, 0.2) is 6.61 Å². The highest BCUT2D eigenvalue weighted by Gasteiger charge is 2.15. The molecule has 1 N–H and O–H groups in total. The Morgan fingerprint density at radius 2 is 1.68 bits per heavy atom. The number of hydrogen-bond donors (Lipinski definition) is 1. The second-order valence-electron chi connectivity index (χ2n) is 7.12. The van der Waals surface area contributed by atoms with Crippen molar-refractivity contribution in [2.75, 3.05) is 13.2 Å². The van der Waals surface area contributed by atoms with E-state index in [0.717, 1.165) is 18.4 Å². The van der Waals surface area contributed by atoms with Gasteiger partial charge in [0.25, 0.3) is 5.91 Å². The van der Waals surface area contributed by atoms with Crippen molar-refractivity contribution in [3.05, 3.63) is 65.7 Å². The third kappa shape index (κ3) is 7.06. The summed E-state index contributed by atoms with van der Waals surface area (Å²) in [4.78, 5) is 24.4. The van der Waals surface area contributed by atoms with Gasteiger partial charge in [-0.15, -0.1) is 0 Å². The van der Waals surface area contributed by atoms with E-state index in [2.05, 4.69) is 26.1 Å². The van der Waals surface area contributed by atoms with Crippen LogP contribution in [-0.2, 0) is 9.53 Å². The number of hydrogen-bond acceptors (Lipinski definition) is 4. The topological polar surface area (TPSA) is 64.6 Å². The molecule has 1 amide bonds. The second-order valence-corrected chi connectivity index (χ2v) is 7.12. The van der Waals surface area contributed by atoms with Crippen LogP contribution in [-0.4, -0.2) is 25.1 Å². The number of ether oxygens (including phenoxy) is 2. The van der Waals surface area contributed by atoms with E-state index < -0.39 is 5.97 Å². The van der Waals surface area contributed by atoms with E-state index in [1.807, 2.05) is 30.3 Å². The van der Waals surface area contributed by atoms with Crippen LogP contribution in [0.25, 0.3) is 0 Å². The lowest BCUT2D eigenvalue weighted by molar-refractivity contribution is -0.125. The monoisotopic (exact) mass is 383 g/mol. The number of amides is 1. The van der Waals surface area contributed by atoms with Gasteiger partial charge in [0.05, 0.1) is 18.2 Å². The fourth-order valence-corrected chi connectivity index (χ4v) is 2.70. The summed E-state index contributed by atoms with van der Waals surface area (Å²) in [6.07, 6.45) is 1.76. The molecule has 0 fully saturated rings. The van der Waals surface area contributed by atoms with E-state index in [9.17, 15) is 9.59 Å². The van der Waals surface area contributed by atoms with Crippen LogP contribution in [0.3, 0.4) is 0 Å². The lowest BCUT2D eigenvalue weighted by Crippen LogP contribution is -2.32. The van der Waals surface area contributed by atoms with E-state index in [0.29, 0.717) is 23.8 Å². The van der Waals surface area contributed by atoms with Crippen LogP contribution in [0.2, 0.25) is 0 Å². The average molecular weight is 383 g/mol. The molecule has 2 aromatic rings. The Hall–Kier alpha value is -2.82. The Morgan fingerprint density at radius 3 is 2.29 bits per heavy atom. The molecular formula is C23H29NO4. The number of carbonyl (C=O) groups is 2. The molecule has 0 aromatic heterocycles. The Labute approximate surface area is 167 Å².